The standard InChI is InChI=1S/C19H21N5O3S/c1-23(2)15-5-3-14(4-6-15)19-24(17(26)12-28-19)22-16(25)11-21-18(27)13-7-9-20-10-8-13/h3-10,19H,11-12H2,1-2H3,(H,21,27)(H,22,25). The van der Waals surface area contributed by atoms with Crippen LogP contribution in [-0.2, 0) is 9.59 Å². The molecule has 1 aromatic heterocycles. The van der Waals surface area contributed by atoms with Gasteiger partial charge in [-0.1, -0.05) is 12.1 Å². The third-order valence-corrected chi connectivity index (χ3v) is 5.37. The average Bonchev–Trinajstić information content (AvgIpc) is 3.07. The van der Waals surface area contributed by atoms with Crippen molar-refractivity contribution in [2.75, 3.05) is 31.3 Å². The molecule has 1 aliphatic heterocycles. The van der Waals surface area contributed by atoms with Crippen LogP contribution in [0.2, 0.25) is 0 Å². The second-order valence-electron chi connectivity index (χ2n) is 6.37. The molecule has 2 heterocycles. The van der Waals surface area contributed by atoms with Gasteiger partial charge in [-0.25, -0.2) is 5.01 Å². The van der Waals surface area contributed by atoms with Crippen molar-refractivity contribution in [3.8, 4) is 0 Å². The third-order valence-electron chi connectivity index (χ3n) is 4.16. The first kappa shape index (κ1) is 19.7. The molecule has 1 atom stereocenters. The van der Waals surface area contributed by atoms with Crippen LogP contribution in [0, 0.1) is 0 Å². The highest BCUT2D eigenvalue weighted by molar-refractivity contribution is 8.00. The number of pyridine rings is 1. The zero-order valence-electron chi connectivity index (χ0n) is 15.6. The molecule has 1 aliphatic rings. The van der Waals surface area contributed by atoms with Gasteiger partial charge in [0.05, 0.1) is 12.3 Å². The number of carbonyl (C=O) groups excluding carboxylic acids is 3. The first-order valence-corrected chi connectivity index (χ1v) is 9.69. The van der Waals surface area contributed by atoms with Gasteiger partial charge in [-0.3, -0.25) is 24.8 Å². The highest BCUT2D eigenvalue weighted by Gasteiger charge is 2.34. The number of carbonyl (C=O) groups is 3. The topological polar surface area (TPSA) is 94.6 Å². The Labute approximate surface area is 167 Å². The van der Waals surface area contributed by atoms with Crippen LogP contribution in [0.4, 0.5) is 5.69 Å². The van der Waals surface area contributed by atoms with E-state index in [0.717, 1.165) is 11.3 Å². The number of rotatable bonds is 6. The van der Waals surface area contributed by atoms with Gasteiger partial charge < -0.3 is 10.2 Å². The van der Waals surface area contributed by atoms with Crippen LogP contribution in [-0.4, -0.2) is 54.1 Å². The maximum Gasteiger partial charge on any atom is 0.258 e. The molecule has 1 unspecified atom stereocenters. The molecule has 9 heteroatoms. The van der Waals surface area contributed by atoms with Gasteiger partial charge in [0.1, 0.15) is 5.37 Å². The Morgan fingerprint density at radius 1 is 1.18 bits per heavy atom. The van der Waals surface area contributed by atoms with Crippen molar-refractivity contribution in [2.24, 2.45) is 0 Å². The van der Waals surface area contributed by atoms with Crippen LogP contribution in [0.3, 0.4) is 0 Å². The fourth-order valence-corrected chi connectivity index (χ4v) is 3.78. The summed E-state index contributed by atoms with van der Waals surface area (Å²) in [5.41, 5.74) is 4.99. The molecule has 2 aromatic rings. The molecule has 8 nitrogen and oxygen atoms in total. The van der Waals surface area contributed by atoms with Gasteiger partial charge >= 0.3 is 0 Å². The van der Waals surface area contributed by atoms with Crippen molar-refractivity contribution in [1.29, 1.82) is 0 Å². The lowest BCUT2D eigenvalue weighted by Gasteiger charge is -2.25. The number of thioether (sulfide) groups is 1. The van der Waals surface area contributed by atoms with Crippen LogP contribution in [0.15, 0.2) is 48.8 Å². The fraction of sp³-hybridized carbons (Fsp3) is 0.263. The van der Waals surface area contributed by atoms with Gasteiger partial charge in [0.25, 0.3) is 17.7 Å². The van der Waals surface area contributed by atoms with Crippen LogP contribution in [0.25, 0.3) is 0 Å². The van der Waals surface area contributed by atoms with Gasteiger partial charge in [-0.05, 0) is 29.8 Å². The Hall–Kier alpha value is -3.07. The monoisotopic (exact) mass is 399 g/mol. The number of nitrogens with one attached hydrogen (secondary N) is 2. The second kappa shape index (κ2) is 8.75. The summed E-state index contributed by atoms with van der Waals surface area (Å²) in [6, 6.07) is 10.9. The molecule has 1 fully saturated rings. The maximum atomic E-state index is 12.3. The summed E-state index contributed by atoms with van der Waals surface area (Å²) in [5.74, 6) is -0.742. The molecule has 0 saturated carbocycles. The van der Waals surface area contributed by atoms with Gasteiger partial charge in [0, 0.05) is 37.7 Å². The smallest absolute Gasteiger partial charge is 0.258 e. The highest BCUT2D eigenvalue weighted by atomic mass is 32.2. The van der Waals surface area contributed by atoms with E-state index in [1.54, 1.807) is 12.1 Å². The average molecular weight is 399 g/mol. The summed E-state index contributed by atoms with van der Waals surface area (Å²) < 4.78 is 0. The lowest BCUT2D eigenvalue weighted by Crippen LogP contribution is -2.48. The number of benzene rings is 1. The van der Waals surface area contributed by atoms with Crippen molar-refractivity contribution in [2.45, 2.75) is 5.37 Å². The first-order chi connectivity index (χ1) is 13.5. The highest BCUT2D eigenvalue weighted by Crippen LogP contribution is 2.37. The van der Waals surface area contributed by atoms with Crippen molar-refractivity contribution in [3.05, 3.63) is 59.9 Å². The van der Waals surface area contributed by atoms with Gasteiger partial charge in [-0.15, -0.1) is 11.8 Å². The Morgan fingerprint density at radius 3 is 2.50 bits per heavy atom. The number of hydrogen-bond donors (Lipinski definition) is 2. The van der Waals surface area contributed by atoms with Crippen molar-refractivity contribution in [3.63, 3.8) is 0 Å². The summed E-state index contributed by atoms with van der Waals surface area (Å²) in [6.45, 7) is -0.234. The molecule has 0 radical (unpaired) electrons. The maximum absolute atomic E-state index is 12.3. The molecular weight excluding hydrogens is 378 g/mol. The van der Waals surface area contributed by atoms with E-state index in [2.05, 4.69) is 15.7 Å². The lowest BCUT2D eigenvalue weighted by molar-refractivity contribution is -0.138. The molecule has 28 heavy (non-hydrogen) atoms. The predicted molar refractivity (Wildman–Crippen MR) is 108 cm³/mol. The van der Waals surface area contributed by atoms with Gasteiger partial charge in [0.2, 0.25) is 0 Å². The molecule has 0 aliphatic carbocycles. The first-order valence-electron chi connectivity index (χ1n) is 8.64. The Balaban J connectivity index is 1.60. The van der Waals surface area contributed by atoms with Gasteiger partial charge in [-0.2, -0.15) is 0 Å². The molecule has 0 bridgehead atoms. The Morgan fingerprint density at radius 2 is 1.86 bits per heavy atom. The summed E-state index contributed by atoms with van der Waals surface area (Å²) in [5, 5.41) is 3.56. The van der Waals surface area contributed by atoms with E-state index in [-0.39, 0.29) is 29.5 Å². The largest absolute Gasteiger partial charge is 0.378 e. The molecular formula is C19H21N5O3S. The van der Waals surface area contributed by atoms with E-state index in [1.807, 2.05) is 43.3 Å². The predicted octanol–water partition coefficient (Wildman–Crippen LogP) is 1.18. The SMILES string of the molecule is CN(C)c1ccc(C2SCC(=O)N2NC(=O)CNC(=O)c2ccncc2)cc1. The Kier molecular flexibility index (Phi) is 6.15. The number of hydrogen-bond acceptors (Lipinski definition) is 6. The molecule has 1 aromatic carbocycles. The zero-order valence-corrected chi connectivity index (χ0v) is 16.4. The second-order valence-corrected chi connectivity index (χ2v) is 7.44. The van der Waals surface area contributed by atoms with Crippen LogP contribution >= 0.6 is 11.8 Å². The summed E-state index contributed by atoms with van der Waals surface area (Å²) in [4.78, 5) is 42.3. The zero-order chi connectivity index (χ0) is 20.1. The quantitative estimate of drug-likeness (QED) is 0.758. The molecule has 3 amide bonds. The molecule has 146 valence electrons. The number of anilines is 1. The molecule has 3 rings (SSSR count). The van der Waals surface area contributed by atoms with Crippen molar-refractivity contribution < 1.29 is 14.4 Å². The molecule has 1 saturated heterocycles. The van der Waals surface area contributed by atoms with E-state index >= 15 is 0 Å². The fourth-order valence-electron chi connectivity index (χ4n) is 2.67. The number of aromatic nitrogens is 1. The van der Waals surface area contributed by atoms with E-state index in [4.69, 9.17) is 0 Å². The molecule has 2 N–H and O–H groups in total. The van der Waals surface area contributed by atoms with Crippen LogP contribution < -0.4 is 15.6 Å². The summed E-state index contributed by atoms with van der Waals surface area (Å²) >= 11 is 1.44. The minimum atomic E-state index is -0.465. The lowest BCUT2D eigenvalue weighted by atomic mass is 10.2. The van der Waals surface area contributed by atoms with Crippen LogP contribution in [0.1, 0.15) is 21.3 Å². The summed E-state index contributed by atoms with van der Waals surface area (Å²) in [6.07, 6.45) is 3.00. The van der Waals surface area contributed by atoms with E-state index < -0.39 is 5.91 Å². The summed E-state index contributed by atoms with van der Waals surface area (Å²) in [7, 11) is 3.91. The minimum absolute atomic E-state index is 0.180. The number of hydrazine groups is 1. The molecule has 0 spiro atoms. The number of nitrogens with zero attached hydrogens (tertiary/aromatic N) is 3. The van der Waals surface area contributed by atoms with E-state index in [0.29, 0.717) is 5.56 Å². The van der Waals surface area contributed by atoms with E-state index in [9.17, 15) is 14.4 Å². The van der Waals surface area contributed by atoms with E-state index in [1.165, 1.54) is 29.2 Å². The van der Waals surface area contributed by atoms with Crippen molar-refractivity contribution in [1.82, 2.24) is 20.7 Å². The van der Waals surface area contributed by atoms with Gasteiger partial charge in [0.15, 0.2) is 0 Å². The third kappa shape index (κ3) is 4.61. The number of amides is 3. The minimum Gasteiger partial charge on any atom is -0.378 e. The van der Waals surface area contributed by atoms with Crippen molar-refractivity contribution >= 4 is 35.2 Å². The normalized spacial score (nSPS) is 16.0. The Bertz CT molecular complexity index is 858. The van der Waals surface area contributed by atoms with Crippen LogP contribution in [0.5, 0.6) is 0 Å².